The molecular formula is C30H48O2. The summed E-state index contributed by atoms with van der Waals surface area (Å²) in [7, 11) is 0. The van der Waals surface area contributed by atoms with Crippen LogP contribution < -0.4 is 9.47 Å². The molecule has 0 amide bonds. The van der Waals surface area contributed by atoms with Crippen molar-refractivity contribution in [2.75, 3.05) is 13.2 Å². The van der Waals surface area contributed by atoms with Gasteiger partial charge in [0.25, 0.3) is 0 Å². The van der Waals surface area contributed by atoms with Gasteiger partial charge in [-0.2, -0.15) is 0 Å². The molecular weight excluding hydrogens is 392 g/mol. The van der Waals surface area contributed by atoms with Crippen molar-refractivity contribution >= 4 is 0 Å². The third kappa shape index (κ3) is 9.20. The molecule has 180 valence electrons. The summed E-state index contributed by atoms with van der Waals surface area (Å²) in [5.74, 6) is 5.34. The predicted molar refractivity (Wildman–Crippen MR) is 137 cm³/mol. The Labute approximate surface area is 198 Å². The van der Waals surface area contributed by atoms with Crippen LogP contribution in [-0.4, -0.2) is 13.2 Å². The number of hydrogen-bond acceptors (Lipinski definition) is 2. The first kappa shape index (κ1) is 25.2. The van der Waals surface area contributed by atoms with Crippen molar-refractivity contribution in [1.82, 2.24) is 0 Å². The van der Waals surface area contributed by atoms with Crippen LogP contribution in [0, 0.1) is 23.7 Å². The molecule has 0 heterocycles. The fourth-order valence-corrected chi connectivity index (χ4v) is 5.69. The van der Waals surface area contributed by atoms with Crippen LogP contribution in [0.3, 0.4) is 0 Å². The highest BCUT2D eigenvalue weighted by molar-refractivity contribution is 5.31. The molecule has 3 rings (SSSR count). The largest absolute Gasteiger partial charge is 0.493 e. The minimum absolute atomic E-state index is 0.664. The smallest absolute Gasteiger partial charge is 0.120 e. The Balaban J connectivity index is 1.27. The Hall–Kier alpha value is -1.44. The van der Waals surface area contributed by atoms with Crippen LogP contribution in [0.5, 0.6) is 11.5 Å². The Bertz CT molecular complexity index is 619. The lowest BCUT2D eigenvalue weighted by Gasteiger charge is -2.28. The van der Waals surface area contributed by atoms with E-state index in [9.17, 15) is 0 Å². The van der Waals surface area contributed by atoms with E-state index in [-0.39, 0.29) is 0 Å². The Kier molecular flexibility index (Phi) is 11.5. The van der Waals surface area contributed by atoms with E-state index < -0.39 is 0 Å². The third-order valence-corrected chi connectivity index (χ3v) is 7.83. The van der Waals surface area contributed by atoms with Crippen LogP contribution in [0.4, 0.5) is 0 Å². The summed E-state index contributed by atoms with van der Waals surface area (Å²) in [6.07, 6.45) is 24.0. The summed E-state index contributed by atoms with van der Waals surface area (Å²) in [6, 6.07) is 8.20. The summed E-state index contributed by atoms with van der Waals surface area (Å²) < 4.78 is 12.0. The molecule has 0 spiro atoms. The Morgan fingerprint density at radius 2 is 1.28 bits per heavy atom. The number of ether oxygens (including phenoxy) is 2. The van der Waals surface area contributed by atoms with E-state index in [1.165, 1.54) is 89.9 Å². The number of rotatable bonds is 13. The topological polar surface area (TPSA) is 18.5 Å². The Morgan fingerprint density at radius 3 is 1.94 bits per heavy atom. The standard InChI is InChI=1S/C30H48O2/c1-3-5-6-9-26-11-13-27(14-12-26)10-7-23-31-29-19-21-30(22-20-29)32-24-28-17-15-25(8-4-2)16-18-28/h7,10,19-22,25-28H,3-6,8-9,11-18,23-24H2,1-2H3. The lowest BCUT2D eigenvalue weighted by Crippen LogP contribution is -2.20. The van der Waals surface area contributed by atoms with E-state index in [0.717, 1.165) is 41.8 Å². The van der Waals surface area contributed by atoms with Gasteiger partial charge in [-0.3, -0.25) is 0 Å². The van der Waals surface area contributed by atoms with E-state index >= 15 is 0 Å². The Morgan fingerprint density at radius 1 is 0.688 bits per heavy atom. The van der Waals surface area contributed by atoms with Gasteiger partial charge in [0.1, 0.15) is 18.1 Å². The van der Waals surface area contributed by atoms with Crippen molar-refractivity contribution in [2.45, 2.75) is 104 Å². The first-order chi connectivity index (χ1) is 15.8. The fourth-order valence-electron chi connectivity index (χ4n) is 5.69. The zero-order chi connectivity index (χ0) is 22.4. The third-order valence-electron chi connectivity index (χ3n) is 7.83. The van der Waals surface area contributed by atoms with E-state index in [1.54, 1.807) is 0 Å². The summed E-state index contributed by atoms with van der Waals surface area (Å²) >= 11 is 0. The first-order valence-corrected chi connectivity index (χ1v) is 13.8. The quantitative estimate of drug-likeness (QED) is 0.225. The maximum absolute atomic E-state index is 6.07. The maximum Gasteiger partial charge on any atom is 0.120 e. The van der Waals surface area contributed by atoms with Crippen molar-refractivity contribution in [2.24, 2.45) is 23.7 Å². The molecule has 0 aliphatic heterocycles. The predicted octanol–water partition coefficient (Wildman–Crippen LogP) is 8.99. The van der Waals surface area contributed by atoms with Crippen LogP contribution >= 0.6 is 0 Å². The monoisotopic (exact) mass is 440 g/mol. The van der Waals surface area contributed by atoms with Gasteiger partial charge in [-0.25, -0.2) is 0 Å². The molecule has 1 aromatic rings. The molecule has 2 fully saturated rings. The van der Waals surface area contributed by atoms with E-state index in [0.29, 0.717) is 6.61 Å². The number of allylic oxidation sites excluding steroid dienone is 1. The van der Waals surface area contributed by atoms with Crippen LogP contribution in [0.2, 0.25) is 0 Å². The van der Waals surface area contributed by atoms with Gasteiger partial charge in [0, 0.05) is 0 Å². The summed E-state index contributed by atoms with van der Waals surface area (Å²) in [5, 5.41) is 0. The molecule has 0 aromatic heterocycles. The fraction of sp³-hybridized carbons (Fsp3) is 0.733. The maximum atomic E-state index is 6.07. The molecule has 2 nitrogen and oxygen atoms in total. The minimum Gasteiger partial charge on any atom is -0.493 e. The minimum atomic E-state index is 0.664. The van der Waals surface area contributed by atoms with Gasteiger partial charge in [-0.05, 0) is 86.5 Å². The van der Waals surface area contributed by atoms with E-state index in [1.807, 2.05) is 12.1 Å². The van der Waals surface area contributed by atoms with Crippen LogP contribution in [0.15, 0.2) is 36.4 Å². The summed E-state index contributed by atoms with van der Waals surface area (Å²) in [4.78, 5) is 0. The van der Waals surface area contributed by atoms with Gasteiger partial charge in [-0.15, -0.1) is 0 Å². The van der Waals surface area contributed by atoms with Crippen molar-refractivity contribution in [1.29, 1.82) is 0 Å². The van der Waals surface area contributed by atoms with Crippen molar-refractivity contribution in [3.63, 3.8) is 0 Å². The van der Waals surface area contributed by atoms with Crippen LogP contribution in [0.25, 0.3) is 0 Å². The van der Waals surface area contributed by atoms with Gasteiger partial charge in [-0.1, -0.05) is 77.4 Å². The number of unbranched alkanes of at least 4 members (excludes halogenated alkanes) is 2. The molecule has 2 aliphatic rings. The molecule has 0 unspecified atom stereocenters. The van der Waals surface area contributed by atoms with Crippen molar-refractivity contribution in [3.05, 3.63) is 36.4 Å². The van der Waals surface area contributed by atoms with Gasteiger partial charge in [0.15, 0.2) is 0 Å². The normalized spacial score (nSPS) is 26.3. The molecule has 32 heavy (non-hydrogen) atoms. The second kappa shape index (κ2) is 14.7. The molecule has 0 radical (unpaired) electrons. The number of benzene rings is 1. The van der Waals surface area contributed by atoms with Gasteiger partial charge >= 0.3 is 0 Å². The molecule has 1 aromatic carbocycles. The van der Waals surface area contributed by atoms with Crippen molar-refractivity contribution in [3.8, 4) is 11.5 Å². The molecule has 0 atom stereocenters. The summed E-state index contributed by atoms with van der Waals surface area (Å²) in [5.41, 5.74) is 0. The number of hydrogen-bond donors (Lipinski definition) is 0. The average molecular weight is 441 g/mol. The average Bonchev–Trinajstić information content (AvgIpc) is 2.83. The molecule has 2 heteroatoms. The lowest BCUT2D eigenvalue weighted by atomic mass is 9.79. The van der Waals surface area contributed by atoms with Gasteiger partial charge < -0.3 is 9.47 Å². The zero-order valence-electron chi connectivity index (χ0n) is 20.9. The second-order valence-electron chi connectivity index (χ2n) is 10.5. The zero-order valence-corrected chi connectivity index (χ0v) is 20.9. The lowest BCUT2D eigenvalue weighted by molar-refractivity contribution is 0.178. The van der Waals surface area contributed by atoms with Crippen LogP contribution in [-0.2, 0) is 0 Å². The van der Waals surface area contributed by atoms with E-state index in [2.05, 4.69) is 38.1 Å². The van der Waals surface area contributed by atoms with Crippen LogP contribution in [0.1, 0.15) is 104 Å². The first-order valence-electron chi connectivity index (χ1n) is 13.8. The highest BCUT2D eigenvalue weighted by atomic mass is 16.5. The SMILES string of the molecule is CCCCCC1CCC(C=CCOc2ccc(OCC3CCC(CCC)CC3)cc2)CC1. The summed E-state index contributed by atoms with van der Waals surface area (Å²) in [6.45, 7) is 6.13. The second-order valence-corrected chi connectivity index (χ2v) is 10.5. The van der Waals surface area contributed by atoms with Gasteiger partial charge in [0.05, 0.1) is 6.61 Å². The molecule has 0 saturated heterocycles. The highest BCUT2D eigenvalue weighted by Gasteiger charge is 2.21. The molecule has 0 N–H and O–H groups in total. The highest BCUT2D eigenvalue weighted by Crippen LogP contribution is 2.33. The molecule has 2 aliphatic carbocycles. The van der Waals surface area contributed by atoms with Gasteiger partial charge in [0.2, 0.25) is 0 Å². The molecule has 2 saturated carbocycles. The molecule has 0 bridgehead atoms. The van der Waals surface area contributed by atoms with E-state index in [4.69, 9.17) is 9.47 Å². The van der Waals surface area contributed by atoms with Crippen molar-refractivity contribution < 1.29 is 9.47 Å².